The number of rotatable bonds is 2. The topological polar surface area (TPSA) is 49.8 Å². The van der Waals surface area contributed by atoms with Crippen molar-refractivity contribution in [1.29, 1.82) is 0 Å². The van der Waals surface area contributed by atoms with E-state index in [-0.39, 0.29) is 0 Å². The maximum Gasteiger partial charge on any atom is 0.247 e. The molecule has 0 saturated heterocycles. The Labute approximate surface area is 76.3 Å². The Morgan fingerprint density at radius 2 is 2.08 bits per heavy atom. The minimum Gasteiger partial charge on any atom is -0.494 e. The third kappa shape index (κ3) is 1.97. The van der Waals surface area contributed by atoms with E-state index in [4.69, 9.17) is 4.74 Å². The zero-order chi connectivity index (χ0) is 9.84. The van der Waals surface area contributed by atoms with Crippen LogP contribution in [0.2, 0.25) is 0 Å². The number of nitrogens with zero attached hydrogens (tertiary/aromatic N) is 1. The van der Waals surface area contributed by atoms with E-state index < -0.39 is 5.91 Å². The molecule has 0 aliphatic heterocycles. The Morgan fingerprint density at radius 3 is 2.62 bits per heavy atom. The van der Waals surface area contributed by atoms with Gasteiger partial charge in [-0.05, 0) is 12.1 Å². The van der Waals surface area contributed by atoms with Crippen molar-refractivity contribution in [2.75, 3.05) is 12.2 Å². The fourth-order valence-electron chi connectivity index (χ4n) is 0.974. The molecule has 4 heteroatoms. The first kappa shape index (κ1) is 9.54. The lowest BCUT2D eigenvalue weighted by atomic mass is 10.3. The summed E-state index contributed by atoms with van der Waals surface area (Å²) in [6.07, 6.45) is 0. The van der Waals surface area contributed by atoms with Crippen molar-refractivity contribution >= 4 is 11.6 Å². The highest BCUT2D eigenvalue weighted by molar-refractivity contribution is 5.90. The fourth-order valence-corrected chi connectivity index (χ4v) is 0.974. The summed E-state index contributed by atoms with van der Waals surface area (Å²) < 4.78 is 4.96. The standard InChI is InChI=1S/C9H11NO3/c1-7(11)10(12)8-5-3-4-6-9(8)13-2/h3-6,12H,1-2H3. The monoisotopic (exact) mass is 181 g/mol. The molecule has 4 nitrogen and oxygen atoms in total. The van der Waals surface area contributed by atoms with Crippen LogP contribution in [0.25, 0.3) is 0 Å². The Hall–Kier alpha value is -1.55. The van der Waals surface area contributed by atoms with Crippen molar-refractivity contribution in [2.45, 2.75) is 6.92 Å². The molecule has 0 radical (unpaired) electrons. The van der Waals surface area contributed by atoms with Crippen molar-refractivity contribution < 1.29 is 14.7 Å². The zero-order valence-electron chi connectivity index (χ0n) is 7.52. The van der Waals surface area contributed by atoms with Crippen LogP contribution in [0.3, 0.4) is 0 Å². The molecule has 70 valence electrons. The third-order valence-electron chi connectivity index (χ3n) is 1.61. The van der Waals surface area contributed by atoms with Gasteiger partial charge in [-0.1, -0.05) is 12.1 Å². The predicted octanol–water partition coefficient (Wildman–Crippen LogP) is 1.44. The molecule has 1 N–H and O–H groups in total. The molecule has 0 aromatic heterocycles. The summed E-state index contributed by atoms with van der Waals surface area (Å²) in [5, 5.41) is 9.87. The largest absolute Gasteiger partial charge is 0.494 e. The number of ether oxygens (including phenoxy) is 1. The lowest BCUT2D eigenvalue weighted by Gasteiger charge is -2.15. The van der Waals surface area contributed by atoms with Gasteiger partial charge in [0.05, 0.1) is 7.11 Å². The summed E-state index contributed by atoms with van der Waals surface area (Å²) in [5.41, 5.74) is 0.345. The average Bonchev–Trinajstić information content (AvgIpc) is 2.16. The van der Waals surface area contributed by atoms with Crippen molar-refractivity contribution in [3.63, 3.8) is 0 Å². The van der Waals surface area contributed by atoms with Crippen LogP contribution in [0.15, 0.2) is 24.3 Å². The van der Waals surface area contributed by atoms with Crippen molar-refractivity contribution in [1.82, 2.24) is 0 Å². The number of hydroxylamine groups is 1. The smallest absolute Gasteiger partial charge is 0.247 e. The lowest BCUT2D eigenvalue weighted by Crippen LogP contribution is -2.24. The van der Waals surface area contributed by atoms with Gasteiger partial charge < -0.3 is 4.74 Å². The summed E-state index contributed by atoms with van der Waals surface area (Å²) in [6, 6.07) is 6.74. The number of methoxy groups -OCH3 is 1. The second kappa shape index (κ2) is 3.91. The van der Waals surface area contributed by atoms with Crippen LogP contribution in [0.1, 0.15) is 6.92 Å². The van der Waals surface area contributed by atoms with Crippen LogP contribution in [0.4, 0.5) is 5.69 Å². The first-order chi connectivity index (χ1) is 6.16. The Morgan fingerprint density at radius 1 is 1.46 bits per heavy atom. The van der Waals surface area contributed by atoms with Gasteiger partial charge in [0.25, 0.3) is 0 Å². The second-order valence-corrected chi connectivity index (χ2v) is 2.50. The molecule has 0 bridgehead atoms. The van der Waals surface area contributed by atoms with Crippen LogP contribution in [-0.2, 0) is 4.79 Å². The third-order valence-corrected chi connectivity index (χ3v) is 1.61. The predicted molar refractivity (Wildman–Crippen MR) is 47.9 cm³/mol. The molecule has 0 spiro atoms. The van der Waals surface area contributed by atoms with Crippen molar-refractivity contribution in [3.05, 3.63) is 24.3 Å². The van der Waals surface area contributed by atoms with Gasteiger partial charge in [-0.15, -0.1) is 0 Å². The summed E-state index contributed by atoms with van der Waals surface area (Å²) >= 11 is 0. The fraction of sp³-hybridized carbons (Fsp3) is 0.222. The highest BCUT2D eigenvalue weighted by atomic mass is 16.5. The van der Waals surface area contributed by atoms with Crippen LogP contribution in [0.5, 0.6) is 5.75 Å². The molecule has 1 amide bonds. The molecule has 1 aromatic rings. The van der Waals surface area contributed by atoms with Gasteiger partial charge in [0.15, 0.2) is 0 Å². The molecular formula is C9H11NO3. The zero-order valence-corrected chi connectivity index (χ0v) is 7.52. The summed E-state index contributed by atoms with van der Waals surface area (Å²) in [4.78, 5) is 10.8. The first-order valence-corrected chi connectivity index (χ1v) is 3.79. The van der Waals surface area contributed by atoms with E-state index >= 15 is 0 Å². The summed E-state index contributed by atoms with van der Waals surface area (Å²) in [6.45, 7) is 1.27. The minimum absolute atomic E-state index is 0.345. The van der Waals surface area contributed by atoms with E-state index in [2.05, 4.69) is 0 Å². The average molecular weight is 181 g/mol. The maximum atomic E-state index is 10.8. The molecule has 13 heavy (non-hydrogen) atoms. The van der Waals surface area contributed by atoms with Gasteiger partial charge in [-0.2, -0.15) is 5.06 Å². The second-order valence-electron chi connectivity index (χ2n) is 2.50. The van der Waals surface area contributed by atoms with Crippen LogP contribution in [-0.4, -0.2) is 18.2 Å². The molecule has 0 fully saturated rings. The number of benzene rings is 1. The molecule has 0 aliphatic rings. The quantitative estimate of drug-likeness (QED) is 0.554. The van der Waals surface area contributed by atoms with E-state index in [0.29, 0.717) is 16.5 Å². The van der Waals surface area contributed by atoms with E-state index in [1.807, 2.05) is 0 Å². The lowest BCUT2D eigenvalue weighted by molar-refractivity contribution is -0.121. The highest BCUT2D eigenvalue weighted by Crippen LogP contribution is 2.26. The van der Waals surface area contributed by atoms with Crippen LogP contribution < -0.4 is 9.80 Å². The normalized spacial score (nSPS) is 9.46. The number of carbonyl (C=O) groups excluding carboxylic acids is 1. The molecule has 0 aliphatic carbocycles. The number of carbonyl (C=O) groups is 1. The Kier molecular flexibility index (Phi) is 2.87. The van der Waals surface area contributed by atoms with Gasteiger partial charge in [0, 0.05) is 6.92 Å². The number of hydrogen-bond acceptors (Lipinski definition) is 3. The maximum absolute atomic E-state index is 10.8. The van der Waals surface area contributed by atoms with E-state index in [1.54, 1.807) is 24.3 Å². The molecule has 0 unspecified atom stereocenters. The molecular weight excluding hydrogens is 170 g/mol. The number of amides is 1. The van der Waals surface area contributed by atoms with Gasteiger partial charge in [-0.25, -0.2) is 0 Å². The molecule has 0 saturated carbocycles. The Bertz CT molecular complexity index is 311. The van der Waals surface area contributed by atoms with Crippen molar-refractivity contribution in [3.8, 4) is 5.75 Å². The number of para-hydroxylation sites is 2. The molecule has 0 heterocycles. The van der Waals surface area contributed by atoms with Crippen LogP contribution in [0, 0.1) is 0 Å². The van der Waals surface area contributed by atoms with E-state index in [1.165, 1.54) is 14.0 Å². The number of hydrogen-bond donors (Lipinski definition) is 1. The van der Waals surface area contributed by atoms with Crippen molar-refractivity contribution in [2.24, 2.45) is 0 Å². The molecule has 1 aromatic carbocycles. The Balaban J connectivity index is 3.05. The minimum atomic E-state index is -0.454. The SMILES string of the molecule is COc1ccccc1N(O)C(C)=O. The van der Waals surface area contributed by atoms with Gasteiger partial charge in [0.2, 0.25) is 5.91 Å². The van der Waals surface area contributed by atoms with E-state index in [9.17, 15) is 10.0 Å². The molecule has 0 atom stereocenters. The highest BCUT2D eigenvalue weighted by Gasteiger charge is 2.12. The van der Waals surface area contributed by atoms with E-state index in [0.717, 1.165) is 0 Å². The summed E-state index contributed by atoms with van der Waals surface area (Å²) in [7, 11) is 1.48. The first-order valence-electron chi connectivity index (χ1n) is 3.79. The number of anilines is 1. The molecule has 1 rings (SSSR count). The van der Waals surface area contributed by atoms with Gasteiger partial charge in [0.1, 0.15) is 11.4 Å². The summed E-state index contributed by atoms with van der Waals surface area (Å²) in [5.74, 6) is 0.00435. The van der Waals surface area contributed by atoms with Gasteiger partial charge in [-0.3, -0.25) is 10.0 Å². The van der Waals surface area contributed by atoms with Gasteiger partial charge >= 0.3 is 0 Å². The van der Waals surface area contributed by atoms with Crippen LogP contribution >= 0.6 is 0 Å².